The van der Waals surface area contributed by atoms with E-state index in [0.29, 0.717) is 10.8 Å². The second-order valence-corrected chi connectivity index (χ2v) is 6.25. The van der Waals surface area contributed by atoms with E-state index >= 15 is 0 Å². The molecule has 6 heteroatoms. The molecule has 0 heterocycles. The Hall–Kier alpha value is -3.05. The molecule has 0 aromatic heterocycles. The molecule has 27 heavy (non-hydrogen) atoms. The molecule has 0 spiro atoms. The predicted molar refractivity (Wildman–Crippen MR) is 104 cm³/mol. The van der Waals surface area contributed by atoms with Crippen molar-refractivity contribution in [3.63, 3.8) is 0 Å². The van der Waals surface area contributed by atoms with Crippen molar-refractivity contribution in [2.75, 3.05) is 13.7 Å². The van der Waals surface area contributed by atoms with E-state index in [1.807, 2.05) is 42.5 Å². The molecule has 3 rings (SSSR count). The molecule has 0 radical (unpaired) electrons. The van der Waals surface area contributed by atoms with Crippen LogP contribution in [0.4, 0.5) is 0 Å². The number of carbonyl (C=O) groups excluding carboxylic acids is 2. The van der Waals surface area contributed by atoms with Crippen LogP contribution in [0.15, 0.2) is 60.7 Å². The Labute approximate surface area is 161 Å². The second-order valence-electron chi connectivity index (χ2n) is 5.84. The van der Waals surface area contributed by atoms with Gasteiger partial charge >= 0.3 is 5.97 Å². The first-order valence-corrected chi connectivity index (χ1v) is 8.70. The van der Waals surface area contributed by atoms with Gasteiger partial charge in [-0.05, 0) is 34.5 Å². The Morgan fingerprint density at radius 1 is 1.00 bits per heavy atom. The molecule has 138 valence electrons. The second kappa shape index (κ2) is 8.56. The molecule has 1 N–H and O–H groups in total. The molecular weight excluding hydrogens is 366 g/mol. The first-order valence-electron chi connectivity index (χ1n) is 8.32. The number of hydrogen-bond acceptors (Lipinski definition) is 4. The average Bonchev–Trinajstić information content (AvgIpc) is 2.70. The summed E-state index contributed by atoms with van der Waals surface area (Å²) in [5.74, 6) is -0.635. The molecule has 0 fully saturated rings. The zero-order valence-electron chi connectivity index (χ0n) is 14.7. The van der Waals surface area contributed by atoms with Gasteiger partial charge in [0.05, 0.1) is 7.11 Å². The topological polar surface area (TPSA) is 64.6 Å². The number of halogens is 1. The van der Waals surface area contributed by atoms with Crippen molar-refractivity contribution in [2.45, 2.75) is 6.54 Å². The van der Waals surface area contributed by atoms with Crippen molar-refractivity contribution < 1.29 is 19.1 Å². The first kappa shape index (κ1) is 18.7. The molecule has 0 saturated carbocycles. The molecule has 0 saturated heterocycles. The van der Waals surface area contributed by atoms with Crippen LogP contribution in [-0.2, 0) is 16.1 Å². The Morgan fingerprint density at radius 3 is 2.37 bits per heavy atom. The molecule has 0 aliphatic rings. The summed E-state index contributed by atoms with van der Waals surface area (Å²) >= 11 is 6.05. The maximum Gasteiger partial charge on any atom is 0.342 e. The number of amides is 1. The molecule has 0 atom stereocenters. The largest absolute Gasteiger partial charge is 0.496 e. The van der Waals surface area contributed by atoms with E-state index in [1.165, 1.54) is 7.11 Å². The van der Waals surface area contributed by atoms with Crippen LogP contribution < -0.4 is 10.1 Å². The molecular formula is C21H18ClNO4. The highest BCUT2D eigenvalue weighted by Crippen LogP contribution is 2.26. The lowest BCUT2D eigenvalue weighted by Gasteiger charge is -2.11. The van der Waals surface area contributed by atoms with Crippen molar-refractivity contribution in [3.05, 3.63) is 76.8 Å². The van der Waals surface area contributed by atoms with Crippen LogP contribution in [0, 0.1) is 0 Å². The van der Waals surface area contributed by atoms with Gasteiger partial charge in [-0.3, -0.25) is 4.79 Å². The molecule has 1 amide bonds. The zero-order chi connectivity index (χ0) is 19.2. The van der Waals surface area contributed by atoms with E-state index in [-0.39, 0.29) is 18.7 Å². The first-order chi connectivity index (χ1) is 13.1. The lowest BCUT2D eigenvalue weighted by molar-refractivity contribution is -0.124. The highest BCUT2D eigenvalue weighted by Gasteiger charge is 2.16. The van der Waals surface area contributed by atoms with Gasteiger partial charge in [0.25, 0.3) is 5.91 Å². The van der Waals surface area contributed by atoms with Crippen molar-refractivity contribution in [2.24, 2.45) is 0 Å². The van der Waals surface area contributed by atoms with Gasteiger partial charge in [0, 0.05) is 11.6 Å². The maximum atomic E-state index is 12.4. The zero-order valence-corrected chi connectivity index (χ0v) is 15.5. The van der Waals surface area contributed by atoms with Crippen molar-refractivity contribution >= 4 is 34.2 Å². The van der Waals surface area contributed by atoms with Crippen LogP contribution in [0.1, 0.15) is 15.9 Å². The lowest BCUT2D eigenvalue weighted by Crippen LogP contribution is -2.28. The van der Waals surface area contributed by atoms with Crippen molar-refractivity contribution in [1.82, 2.24) is 5.32 Å². The molecule has 0 aliphatic heterocycles. The minimum absolute atomic E-state index is 0.259. The van der Waals surface area contributed by atoms with Crippen LogP contribution in [-0.4, -0.2) is 25.6 Å². The highest BCUT2D eigenvalue weighted by atomic mass is 35.5. The van der Waals surface area contributed by atoms with Crippen LogP contribution in [0.2, 0.25) is 5.02 Å². The fraction of sp³-hybridized carbons (Fsp3) is 0.143. The highest BCUT2D eigenvalue weighted by molar-refractivity contribution is 6.31. The third kappa shape index (κ3) is 4.57. The van der Waals surface area contributed by atoms with Crippen LogP contribution in [0.3, 0.4) is 0 Å². The molecule has 3 aromatic rings. The number of fused-ring (bicyclic) bond motifs is 1. The Bertz CT molecular complexity index is 987. The normalized spacial score (nSPS) is 10.4. The summed E-state index contributed by atoms with van der Waals surface area (Å²) in [5, 5.41) is 5.07. The summed E-state index contributed by atoms with van der Waals surface area (Å²) in [4.78, 5) is 24.4. The third-order valence-electron chi connectivity index (χ3n) is 4.06. The van der Waals surface area contributed by atoms with E-state index in [2.05, 4.69) is 5.32 Å². The van der Waals surface area contributed by atoms with E-state index in [9.17, 15) is 9.59 Å². The number of ether oxygens (including phenoxy) is 2. The smallest absolute Gasteiger partial charge is 0.342 e. The summed E-state index contributed by atoms with van der Waals surface area (Å²) < 4.78 is 10.4. The monoisotopic (exact) mass is 383 g/mol. The number of rotatable bonds is 6. The summed E-state index contributed by atoms with van der Waals surface area (Å²) in [6.07, 6.45) is 0. The predicted octanol–water partition coefficient (Wildman–Crippen LogP) is 3.98. The quantitative estimate of drug-likeness (QED) is 0.654. The molecule has 0 unspecified atom stereocenters. The standard InChI is InChI=1S/C21H18ClNO4/c1-26-19-11-15-7-3-2-6-14(15)10-17(19)21(25)27-13-20(24)23-12-16-8-4-5-9-18(16)22/h2-11H,12-13H2,1H3,(H,23,24). The Kier molecular flexibility index (Phi) is 5.94. The molecule has 3 aromatic carbocycles. The number of benzene rings is 3. The van der Waals surface area contributed by atoms with E-state index < -0.39 is 11.9 Å². The summed E-state index contributed by atoms with van der Waals surface area (Å²) in [6, 6.07) is 18.3. The summed E-state index contributed by atoms with van der Waals surface area (Å²) in [7, 11) is 1.48. The van der Waals surface area contributed by atoms with Crippen LogP contribution in [0.25, 0.3) is 10.8 Å². The van der Waals surface area contributed by atoms with E-state index in [4.69, 9.17) is 21.1 Å². The number of methoxy groups -OCH3 is 1. The van der Waals surface area contributed by atoms with E-state index in [0.717, 1.165) is 16.3 Å². The van der Waals surface area contributed by atoms with Crippen LogP contribution in [0.5, 0.6) is 5.75 Å². The fourth-order valence-corrected chi connectivity index (χ4v) is 2.85. The maximum absolute atomic E-state index is 12.4. The van der Waals surface area contributed by atoms with Gasteiger partial charge in [0.15, 0.2) is 6.61 Å². The van der Waals surface area contributed by atoms with Gasteiger partial charge < -0.3 is 14.8 Å². The van der Waals surface area contributed by atoms with Gasteiger partial charge in [-0.25, -0.2) is 4.79 Å². The van der Waals surface area contributed by atoms with Gasteiger partial charge in [-0.15, -0.1) is 0 Å². The minimum atomic E-state index is -0.620. The number of hydrogen-bond donors (Lipinski definition) is 1. The van der Waals surface area contributed by atoms with Gasteiger partial charge in [0.1, 0.15) is 11.3 Å². The number of carbonyl (C=O) groups is 2. The fourth-order valence-electron chi connectivity index (χ4n) is 2.64. The van der Waals surface area contributed by atoms with Gasteiger partial charge in [0.2, 0.25) is 0 Å². The lowest BCUT2D eigenvalue weighted by atomic mass is 10.1. The van der Waals surface area contributed by atoms with Gasteiger partial charge in [-0.1, -0.05) is 54.1 Å². The third-order valence-corrected chi connectivity index (χ3v) is 4.42. The summed E-state index contributed by atoms with van der Waals surface area (Å²) in [5.41, 5.74) is 1.06. The minimum Gasteiger partial charge on any atom is -0.496 e. The Morgan fingerprint density at radius 2 is 1.67 bits per heavy atom. The molecule has 5 nitrogen and oxygen atoms in total. The average molecular weight is 384 g/mol. The van der Waals surface area contributed by atoms with Crippen molar-refractivity contribution in [3.8, 4) is 5.75 Å². The summed E-state index contributed by atoms with van der Waals surface area (Å²) in [6.45, 7) is -0.130. The van der Waals surface area contributed by atoms with Gasteiger partial charge in [-0.2, -0.15) is 0 Å². The number of nitrogens with one attached hydrogen (secondary N) is 1. The molecule has 0 bridgehead atoms. The molecule has 0 aliphatic carbocycles. The van der Waals surface area contributed by atoms with E-state index in [1.54, 1.807) is 18.2 Å². The SMILES string of the molecule is COc1cc2ccccc2cc1C(=O)OCC(=O)NCc1ccccc1Cl. The van der Waals surface area contributed by atoms with Crippen molar-refractivity contribution in [1.29, 1.82) is 0 Å². The Balaban J connectivity index is 1.62. The number of esters is 1. The van der Waals surface area contributed by atoms with Crippen LogP contribution >= 0.6 is 11.6 Å².